The zero-order chi connectivity index (χ0) is 13.4. The number of nitrogens with zero attached hydrogens (tertiary/aromatic N) is 1. The summed E-state index contributed by atoms with van der Waals surface area (Å²) in [6.45, 7) is 8.55. The van der Waals surface area contributed by atoms with Crippen molar-refractivity contribution in [1.82, 2.24) is 10.3 Å². The third kappa shape index (κ3) is 5.02. The zero-order valence-corrected chi connectivity index (χ0v) is 11.8. The minimum absolute atomic E-state index is 0.0154. The number of hydrogen-bond acceptors (Lipinski definition) is 4. The number of methoxy groups -OCH3 is 1. The first-order valence-electron chi connectivity index (χ1n) is 6.55. The summed E-state index contributed by atoms with van der Waals surface area (Å²) in [5, 5.41) is 3.31. The molecule has 1 aromatic rings. The van der Waals surface area contributed by atoms with Crippen molar-refractivity contribution in [2.45, 2.75) is 39.8 Å². The molecule has 0 fully saturated rings. The number of rotatable bonds is 8. The number of ether oxygens (including phenoxy) is 2. The summed E-state index contributed by atoms with van der Waals surface area (Å²) in [5.41, 5.74) is 2.27. The number of aromatic nitrogens is 1. The molecule has 1 unspecified atom stereocenters. The molecule has 0 bridgehead atoms. The molecule has 0 aliphatic heterocycles. The summed E-state index contributed by atoms with van der Waals surface area (Å²) < 4.78 is 10.8. The molecule has 0 saturated heterocycles. The summed E-state index contributed by atoms with van der Waals surface area (Å²) in [5.74, 6) is 0.687. The van der Waals surface area contributed by atoms with Crippen LogP contribution in [0.5, 0.6) is 5.88 Å². The Morgan fingerprint density at radius 2 is 2.11 bits per heavy atom. The molecule has 4 heteroatoms. The van der Waals surface area contributed by atoms with Gasteiger partial charge in [0.25, 0.3) is 0 Å². The maximum atomic E-state index is 5.75. The lowest BCUT2D eigenvalue weighted by Crippen LogP contribution is -2.19. The van der Waals surface area contributed by atoms with Crippen molar-refractivity contribution < 1.29 is 9.47 Å². The summed E-state index contributed by atoms with van der Waals surface area (Å²) in [6, 6.07) is 4.12. The van der Waals surface area contributed by atoms with E-state index in [2.05, 4.69) is 30.2 Å². The van der Waals surface area contributed by atoms with Gasteiger partial charge in [0.05, 0.1) is 6.61 Å². The average molecular weight is 252 g/mol. The number of hydrogen-bond donors (Lipinski definition) is 1. The van der Waals surface area contributed by atoms with Crippen molar-refractivity contribution in [2.24, 2.45) is 0 Å². The fraction of sp³-hybridized carbons (Fsp3) is 0.643. The Hall–Kier alpha value is -1.13. The second-order valence-electron chi connectivity index (χ2n) is 4.32. The number of nitrogens with one attached hydrogen (secondary N) is 1. The largest absolute Gasteiger partial charge is 0.472 e. The fourth-order valence-electron chi connectivity index (χ4n) is 1.71. The van der Waals surface area contributed by atoms with Crippen LogP contribution < -0.4 is 10.1 Å². The molecule has 0 aromatic carbocycles. The van der Waals surface area contributed by atoms with Gasteiger partial charge in [-0.25, -0.2) is 4.98 Å². The summed E-state index contributed by atoms with van der Waals surface area (Å²) in [4.78, 5) is 4.48. The quantitative estimate of drug-likeness (QED) is 0.770. The topological polar surface area (TPSA) is 43.4 Å². The smallest absolute Gasteiger partial charge is 0.214 e. The SMILES string of the molecule is CCNCc1cc(CC)nc(OC(C)COC)c1. The maximum absolute atomic E-state index is 5.75. The lowest BCUT2D eigenvalue weighted by Gasteiger charge is -2.14. The van der Waals surface area contributed by atoms with Crippen molar-refractivity contribution in [3.8, 4) is 5.88 Å². The van der Waals surface area contributed by atoms with Crippen molar-refractivity contribution in [1.29, 1.82) is 0 Å². The minimum Gasteiger partial charge on any atom is -0.472 e. The lowest BCUT2D eigenvalue weighted by molar-refractivity contribution is 0.0888. The average Bonchev–Trinajstić information content (AvgIpc) is 2.36. The normalized spacial score (nSPS) is 12.4. The van der Waals surface area contributed by atoms with Gasteiger partial charge in [-0.2, -0.15) is 0 Å². The third-order valence-corrected chi connectivity index (χ3v) is 2.58. The zero-order valence-electron chi connectivity index (χ0n) is 11.8. The van der Waals surface area contributed by atoms with E-state index in [1.807, 2.05) is 13.0 Å². The molecule has 0 amide bonds. The standard InChI is InChI=1S/C14H24N2O2/c1-5-13-7-12(9-15-6-2)8-14(16-13)18-11(3)10-17-4/h7-8,11,15H,5-6,9-10H2,1-4H3. The molecule has 0 saturated carbocycles. The van der Waals surface area contributed by atoms with E-state index in [1.165, 1.54) is 5.56 Å². The molecular weight excluding hydrogens is 228 g/mol. The molecule has 1 rings (SSSR count). The van der Waals surface area contributed by atoms with Crippen LogP contribution in [-0.2, 0) is 17.7 Å². The molecule has 1 heterocycles. The Morgan fingerprint density at radius 3 is 2.72 bits per heavy atom. The van der Waals surface area contributed by atoms with E-state index in [1.54, 1.807) is 7.11 Å². The third-order valence-electron chi connectivity index (χ3n) is 2.58. The van der Waals surface area contributed by atoms with Crippen LogP contribution >= 0.6 is 0 Å². The van der Waals surface area contributed by atoms with Gasteiger partial charge in [0.2, 0.25) is 5.88 Å². The molecule has 0 aliphatic carbocycles. The minimum atomic E-state index is 0.0154. The van der Waals surface area contributed by atoms with E-state index in [-0.39, 0.29) is 6.10 Å². The van der Waals surface area contributed by atoms with Crippen LogP contribution in [-0.4, -0.2) is 31.3 Å². The van der Waals surface area contributed by atoms with Gasteiger partial charge in [0.1, 0.15) is 6.10 Å². The molecule has 1 atom stereocenters. The molecule has 0 radical (unpaired) electrons. The van der Waals surface area contributed by atoms with E-state index >= 15 is 0 Å². The van der Waals surface area contributed by atoms with E-state index in [9.17, 15) is 0 Å². The van der Waals surface area contributed by atoms with Gasteiger partial charge in [-0.15, -0.1) is 0 Å². The van der Waals surface area contributed by atoms with Gasteiger partial charge in [0, 0.05) is 25.4 Å². The Bertz CT molecular complexity index is 356. The first kappa shape index (κ1) is 14.9. The highest BCUT2D eigenvalue weighted by Gasteiger charge is 2.07. The van der Waals surface area contributed by atoms with Gasteiger partial charge in [-0.1, -0.05) is 13.8 Å². The summed E-state index contributed by atoms with van der Waals surface area (Å²) in [6.07, 6.45) is 0.927. The van der Waals surface area contributed by atoms with Crippen molar-refractivity contribution in [3.63, 3.8) is 0 Å². The second kappa shape index (κ2) is 8.06. The fourth-order valence-corrected chi connectivity index (χ4v) is 1.71. The number of aryl methyl sites for hydroxylation is 1. The van der Waals surface area contributed by atoms with E-state index in [0.29, 0.717) is 12.5 Å². The predicted octanol–water partition coefficient (Wildman–Crippen LogP) is 2.17. The van der Waals surface area contributed by atoms with Crippen LogP contribution in [0.25, 0.3) is 0 Å². The van der Waals surface area contributed by atoms with Crippen LogP contribution in [0.3, 0.4) is 0 Å². The predicted molar refractivity (Wildman–Crippen MR) is 73.0 cm³/mol. The highest BCUT2D eigenvalue weighted by atomic mass is 16.5. The molecule has 4 nitrogen and oxygen atoms in total. The van der Waals surface area contributed by atoms with Gasteiger partial charge in [-0.3, -0.25) is 0 Å². The molecular formula is C14H24N2O2. The maximum Gasteiger partial charge on any atom is 0.214 e. The van der Waals surface area contributed by atoms with Gasteiger partial charge in [-0.05, 0) is 31.5 Å². The second-order valence-corrected chi connectivity index (χ2v) is 4.32. The Kier molecular flexibility index (Phi) is 6.68. The number of pyridine rings is 1. The molecule has 1 N–H and O–H groups in total. The van der Waals surface area contributed by atoms with E-state index in [4.69, 9.17) is 9.47 Å². The summed E-state index contributed by atoms with van der Waals surface area (Å²) in [7, 11) is 1.67. The molecule has 1 aromatic heterocycles. The first-order valence-corrected chi connectivity index (χ1v) is 6.55. The van der Waals surface area contributed by atoms with E-state index in [0.717, 1.165) is 25.2 Å². The van der Waals surface area contributed by atoms with Crippen molar-refractivity contribution in [2.75, 3.05) is 20.3 Å². The van der Waals surface area contributed by atoms with E-state index < -0.39 is 0 Å². The monoisotopic (exact) mass is 252 g/mol. The highest BCUT2D eigenvalue weighted by Crippen LogP contribution is 2.15. The van der Waals surface area contributed by atoms with Gasteiger partial charge >= 0.3 is 0 Å². The van der Waals surface area contributed by atoms with Crippen molar-refractivity contribution >= 4 is 0 Å². The molecule has 102 valence electrons. The summed E-state index contributed by atoms with van der Waals surface area (Å²) >= 11 is 0. The Morgan fingerprint density at radius 1 is 1.33 bits per heavy atom. The van der Waals surface area contributed by atoms with Gasteiger partial charge in [0.15, 0.2) is 0 Å². The lowest BCUT2D eigenvalue weighted by atomic mass is 10.2. The van der Waals surface area contributed by atoms with Crippen LogP contribution in [0.1, 0.15) is 32.0 Å². The molecule has 0 aliphatic rings. The van der Waals surface area contributed by atoms with Crippen LogP contribution in [0, 0.1) is 0 Å². The van der Waals surface area contributed by atoms with Crippen LogP contribution in [0.15, 0.2) is 12.1 Å². The highest BCUT2D eigenvalue weighted by molar-refractivity contribution is 5.25. The van der Waals surface area contributed by atoms with Crippen molar-refractivity contribution in [3.05, 3.63) is 23.4 Å². The van der Waals surface area contributed by atoms with Gasteiger partial charge < -0.3 is 14.8 Å². The first-order chi connectivity index (χ1) is 8.69. The Balaban J connectivity index is 2.76. The molecule has 0 spiro atoms. The molecule has 18 heavy (non-hydrogen) atoms. The van der Waals surface area contributed by atoms with Crippen LogP contribution in [0.2, 0.25) is 0 Å². The van der Waals surface area contributed by atoms with Crippen LogP contribution in [0.4, 0.5) is 0 Å². The Labute approximate surface area is 110 Å².